The number of aromatic nitrogens is 1. The minimum absolute atomic E-state index is 0.107. The van der Waals surface area contributed by atoms with Crippen LogP contribution in [0.25, 0.3) is 0 Å². The Kier molecular flexibility index (Phi) is 10.1. The highest BCUT2D eigenvalue weighted by Gasteiger charge is 2.26. The first-order valence-corrected chi connectivity index (χ1v) is 11.7. The average Bonchev–Trinajstić information content (AvgIpc) is 3.09. The van der Waals surface area contributed by atoms with E-state index in [1.165, 1.54) is 29.5 Å². The number of amides is 2. The Balaban J connectivity index is 1.89. The van der Waals surface area contributed by atoms with Crippen LogP contribution in [0.1, 0.15) is 52.4 Å². The van der Waals surface area contributed by atoms with Gasteiger partial charge in [-0.3, -0.25) is 10.1 Å². The lowest BCUT2D eigenvalue weighted by molar-refractivity contribution is -0.136. The van der Waals surface area contributed by atoms with E-state index in [0.29, 0.717) is 36.6 Å². The largest absolute Gasteiger partial charge is 0.481 e. The fraction of sp³-hybridized carbons (Fsp3) is 0.737. The molecule has 1 aromatic rings. The van der Waals surface area contributed by atoms with E-state index < -0.39 is 5.97 Å². The Morgan fingerprint density at radius 3 is 2.82 bits per heavy atom. The van der Waals surface area contributed by atoms with Crippen LogP contribution in [0, 0.1) is 5.92 Å². The standard InChI is InChI=1S/C19H31N3O4S2/c1-14(2)13-26-10-9-22(15-6-4-3-5-7-15)19(25)21-18-20-12-17(28-18)27-11-8-16(23)24/h12,14-15H,3-11,13H2,1-2H3,(H,23,24)(H,20,21,25). The van der Waals surface area contributed by atoms with Crippen LogP contribution in [0.5, 0.6) is 0 Å². The van der Waals surface area contributed by atoms with Gasteiger partial charge in [0.05, 0.1) is 23.4 Å². The second-order valence-electron chi connectivity index (χ2n) is 7.36. The molecule has 1 fully saturated rings. The van der Waals surface area contributed by atoms with Gasteiger partial charge in [0.1, 0.15) is 0 Å². The Labute approximate surface area is 175 Å². The van der Waals surface area contributed by atoms with E-state index in [2.05, 4.69) is 24.1 Å². The molecule has 0 bridgehead atoms. The van der Waals surface area contributed by atoms with Gasteiger partial charge in [0.15, 0.2) is 5.13 Å². The van der Waals surface area contributed by atoms with Crippen molar-refractivity contribution in [1.29, 1.82) is 0 Å². The smallest absolute Gasteiger partial charge is 0.323 e. The molecule has 1 aliphatic carbocycles. The quantitative estimate of drug-likeness (QED) is 0.396. The summed E-state index contributed by atoms with van der Waals surface area (Å²) in [7, 11) is 0. The second-order valence-corrected chi connectivity index (χ2v) is 9.79. The molecule has 0 unspecified atom stereocenters. The fourth-order valence-corrected chi connectivity index (χ4v) is 4.98. The molecular weight excluding hydrogens is 398 g/mol. The number of nitrogens with one attached hydrogen (secondary N) is 1. The van der Waals surface area contributed by atoms with Crippen LogP contribution in [-0.2, 0) is 9.53 Å². The summed E-state index contributed by atoms with van der Waals surface area (Å²) < 4.78 is 6.60. The summed E-state index contributed by atoms with van der Waals surface area (Å²) >= 11 is 2.82. The maximum atomic E-state index is 12.9. The van der Waals surface area contributed by atoms with Gasteiger partial charge in [0.2, 0.25) is 0 Å². The van der Waals surface area contributed by atoms with E-state index in [1.807, 2.05) is 4.90 Å². The first-order valence-electron chi connectivity index (χ1n) is 9.91. The molecule has 2 rings (SSSR count). The third-order valence-corrected chi connectivity index (χ3v) is 6.57. The number of hydrogen-bond donors (Lipinski definition) is 2. The Bertz CT molecular complexity index is 618. The summed E-state index contributed by atoms with van der Waals surface area (Å²) in [6.07, 6.45) is 7.40. The molecule has 9 heteroatoms. The highest BCUT2D eigenvalue weighted by Crippen LogP contribution is 2.29. The van der Waals surface area contributed by atoms with Gasteiger partial charge in [-0.25, -0.2) is 9.78 Å². The van der Waals surface area contributed by atoms with Crippen LogP contribution >= 0.6 is 23.1 Å². The van der Waals surface area contributed by atoms with Crippen molar-refractivity contribution in [1.82, 2.24) is 9.88 Å². The molecule has 1 saturated carbocycles. The van der Waals surface area contributed by atoms with Crippen molar-refractivity contribution in [3.05, 3.63) is 6.20 Å². The lowest BCUT2D eigenvalue weighted by Crippen LogP contribution is -2.45. The Morgan fingerprint density at radius 1 is 1.39 bits per heavy atom. The van der Waals surface area contributed by atoms with Crippen LogP contribution in [0.4, 0.5) is 9.93 Å². The van der Waals surface area contributed by atoms with Crippen molar-refractivity contribution in [2.75, 3.05) is 30.8 Å². The van der Waals surface area contributed by atoms with Crippen molar-refractivity contribution in [3.63, 3.8) is 0 Å². The van der Waals surface area contributed by atoms with Gasteiger partial charge in [-0.2, -0.15) is 0 Å². The van der Waals surface area contributed by atoms with Crippen LogP contribution in [0.2, 0.25) is 0 Å². The summed E-state index contributed by atoms with van der Waals surface area (Å²) in [6, 6.07) is 0.122. The fourth-order valence-electron chi connectivity index (χ4n) is 3.11. The molecule has 28 heavy (non-hydrogen) atoms. The zero-order valence-electron chi connectivity index (χ0n) is 16.7. The maximum absolute atomic E-state index is 12.9. The minimum atomic E-state index is -0.812. The molecule has 0 aromatic carbocycles. The molecule has 0 spiro atoms. The number of anilines is 1. The Morgan fingerprint density at radius 2 is 2.14 bits per heavy atom. The van der Waals surface area contributed by atoms with Gasteiger partial charge in [-0.1, -0.05) is 44.4 Å². The number of aliphatic carboxylic acids is 1. The third kappa shape index (κ3) is 8.36. The topological polar surface area (TPSA) is 91.8 Å². The van der Waals surface area contributed by atoms with Gasteiger partial charge in [-0.15, -0.1) is 11.8 Å². The zero-order valence-corrected chi connectivity index (χ0v) is 18.3. The van der Waals surface area contributed by atoms with E-state index in [9.17, 15) is 9.59 Å². The predicted octanol–water partition coefficient (Wildman–Crippen LogP) is 4.55. The molecule has 158 valence electrons. The third-order valence-electron chi connectivity index (χ3n) is 4.46. The zero-order chi connectivity index (χ0) is 20.4. The second kappa shape index (κ2) is 12.3. The molecule has 1 aromatic heterocycles. The van der Waals surface area contributed by atoms with Crippen molar-refractivity contribution < 1.29 is 19.4 Å². The van der Waals surface area contributed by atoms with Crippen LogP contribution in [-0.4, -0.2) is 58.5 Å². The van der Waals surface area contributed by atoms with Crippen molar-refractivity contribution in [2.24, 2.45) is 5.92 Å². The highest BCUT2D eigenvalue weighted by molar-refractivity contribution is 8.01. The number of carboxylic acids is 1. The van der Waals surface area contributed by atoms with E-state index in [0.717, 1.165) is 29.9 Å². The number of rotatable bonds is 11. The van der Waals surface area contributed by atoms with E-state index in [4.69, 9.17) is 9.84 Å². The van der Waals surface area contributed by atoms with Gasteiger partial charge in [0, 0.05) is 24.9 Å². The highest BCUT2D eigenvalue weighted by atomic mass is 32.2. The number of hydrogen-bond acceptors (Lipinski definition) is 6. The van der Waals surface area contributed by atoms with Crippen LogP contribution in [0.15, 0.2) is 10.4 Å². The number of ether oxygens (including phenoxy) is 1. The lowest BCUT2D eigenvalue weighted by Gasteiger charge is -2.34. The molecule has 1 heterocycles. The van der Waals surface area contributed by atoms with E-state index in [1.54, 1.807) is 6.20 Å². The van der Waals surface area contributed by atoms with Gasteiger partial charge in [0.25, 0.3) is 0 Å². The SMILES string of the molecule is CC(C)COCCN(C(=O)Nc1ncc(SCCC(=O)O)s1)C1CCCCC1. The molecule has 2 N–H and O–H groups in total. The van der Waals surface area contributed by atoms with E-state index >= 15 is 0 Å². The predicted molar refractivity (Wildman–Crippen MR) is 113 cm³/mol. The van der Waals surface area contributed by atoms with Gasteiger partial charge >= 0.3 is 12.0 Å². The number of thiazole rings is 1. The molecule has 0 radical (unpaired) electrons. The number of urea groups is 1. The summed E-state index contributed by atoms with van der Waals surface area (Å²) in [5.74, 6) is 0.157. The summed E-state index contributed by atoms with van der Waals surface area (Å²) in [6.45, 7) is 6.04. The molecule has 7 nitrogen and oxygen atoms in total. The Hall–Kier alpha value is -1.32. The van der Waals surface area contributed by atoms with Crippen molar-refractivity contribution in [2.45, 2.75) is 62.6 Å². The van der Waals surface area contributed by atoms with Crippen LogP contribution < -0.4 is 5.32 Å². The summed E-state index contributed by atoms with van der Waals surface area (Å²) in [5, 5.41) is 12.2. The lowest BCUT2D eigenvalue weighted by atomic mass is 9.94. The molecule has 2 amide bonds. The summed E-state index contributed by atoms with van der Waals surface area (Å²) in [5.41, 5.74) is 0. The maximum Gasteiger partial charge on any atom is 0.323 e. The minimum Gasteiger partial charge on any atom is -0.481 e. The normalized spacial score (nSPS) is 15.0. The number of carbonyl (C=O) groups is 2. The van der Waals surface area contributed by atoms with Crippen LogP contribution in [0.3, 0.4) is 0 Å². The monoisotopic (exact) mass is 429 g/mol. The first kappa shape index (κ1) is 23.0. The van der Waals surface area contributed by atoms with Gasteiger partial charge < -0.3 is 14.7 Å². The first-order chi connectivity index (χ1) is 13.5. The average molecular weight is 430 g/mol. The van der Waals surface area contributed by atoms with E-state index in [-0.39, 0.29) is 18.5 Å². The van der Waals surface area contributed by atoms with Crippen molar-refractivity contribution in [3.8, 4) is 0 Å². The number of carboxylic acid groups (broad SMARTS) is 1. The number of nitrogens with zero attached hydrogens (tertiary/aromatic N) is 2. The van der Waals surface area contributed by atoms with Crippen molar-refractivity contribution >= 4 is 40.2 Å². The number of carbonyl (C=O) groups excluding carboxylic acids is 1. The summed E-state index contributed by atoms with van der Waals surface area (Å²) in [4.78, 5) is 29.7. The molecule has 1 aliphatic rings. The molecule has 0 aliphatic heterocycles. The molecule has 0 saturated heterocycles. The molecular formula is C19H31N3O4S2. The molecule has 0 atom stereocenters. The van der Waals surface area contributed by atoms with Gasteiger partial charge in [-0.05, 0) is 18.8 Å². The number of thioether (sulfide) groups is 1.